The Morgan fingerprint density at radius 3 is 2.62 bits per heavy atom. The van der Waals surface area contributed by atoms with Crippen molar-refractivity contribution in [3.63, 3.8) is 0 Å². The van der Waals surface area contributed by atoms with Gasteiger partial charge in [0.15, 0.2) is 0 Å². The maximum absolute atomic E-state index is 9.77. The molecule has 2 nitrogen and oxygen atoms in total. The van der Waals surface area contributed by atoms with Gasteiger partial charge in [-0.05, 0) is 43.4 Å². The van der Waals surface area contributed by atoms with Crippen molar-refractivity contribution in [2.24, 2.45) is 17.8 Å². The van der Waals surface area contributed by atoms with Crippen LogP contribution >= 0.6 is 0 Å². The number of fused-ring (bicyclic) bond motifs is 5. The minimum atomic E-state index is 0.457. The maximum Gasteiger partial charge on any atom is 0.0353 e. The van der Waals surface area contributed by atoms with E-state index in [2.05, 4.69) is 13.8 Å². The van der Waals surface area contributed by atoms with E-state index >= 15 is 0 Å². The van der Waals surface area contributed by atoms with E-state index in [1.807, 2.05) is 0 Å². The summed E-state index contributed by atoms with van der Waals surface area (Å²) in [5, 5.41) is 11.4. The second-order valence-corrected chi connectivity index (χ2v) is 5.17. The molecule has 3 fully saturated rings. The van der Waals surface area contributed by atoms with E-state index in [9.17, 15) is 5.21 Å². The van der Waals surface area contributed by atoms with Crippen LogP contribution in [0.5, 0.6) is 0 Å². The number of hydrogen-bond acceptors (Lipinski definition) is 2. The fourth-order valence-electron chi connectivity index (χ4n) is 3.13. The quantitative estimate of drug-likeness (QED) is 0.624. The van der Waals surface area contributed by atoms with Crippen LogP contribution in [0.2, 0.25) is 0 Å². The lowest BCUT2D eigenvalue weighted by molar-refractivity contribution is -0.171. The normalized spacial score (nSPS) is 47.3. The van der Waals surface area contributed by atoms with Crippen LogP contribution in [0.1, 0.15) is 39.5 Å². The Morgan fingerprint density at radius 1 is 1.15 bits per heavy atom. The van der Waals surface area contributed by atoms with E-state index < -0.39 is 0 Å². The topological polar surface area (TPSA) is 23.5 Å². The highest BCUT2D eigenvalue weighted by Gasteiger charge is 2.34. The summed E-state index contributed by atoms with van der Waals surface area (Å²) in [5.74, 6) is 2.33. The Morgan fingerprint density at radius 2 is 1.92 bits per heavy atom. The largest absolute Gasteiger partial charge is 0.314 e. The molecule has 1 N–H and O–H groups in total. The molecule has 0 amide bonds. The molecule has 2 heteroatoms. The summed E-state index contributed by atoms with van der Waals surface area (Å²) in [6.07, 6.45) is 5.08. The number of nitrogens with zero attached hydrogens (tertiary/aromatic N) is 1. The van der Waals surface area contributed by atoms with Crippen LogP contribution < -0.4 is 0 Å². The summed E-state index contributed by atoms with van der Waals surface area (Å²) in [7, 11) is 0. The summed E-state index contributed by atoms with van der Waals surface area (Å²) in [6.45, 7) is 5.59. The first-order valence-electron chi connectivity index (χ1n) is 5.62. The van der Waals surface area contributed by atoms with Crippen LogP contribution in [0.4, 0.5) is 0 Å². The predicted molar refractivity (Wildman–Crippen MR) is 52.6 cm³/mol. The van der Waals surface area contributed by atoms with Gasteiger partial charge in [0.1, 0.15) is 0 Å². The van der Waals surface area contributed by atoms with Crippen LogP contribution in [0, 0.1) is 17.8 Å². The first-order chi connectivity index (χ1) is 6.16. The van der Waals surface area contributed by atoms with E-state index in [1.54, 1.807) is 5.06 Å². The second kappa shape index (κ2) is 3.58. The third-order valence-electron chi connectivity index (χ3n) is 3.97. The molecule has 0 spiro atoms. The highest BCUT2D eigenvalue weighted by molar-refractivity contribution is 4.85. The summed E-state index contributed by atoms with van der Waals surface area (Å²) < 4.78 is 0. The standard InChI is InChI=1S/C11H21NO/c1-8-5-9(2)10-3-4-11(6-8)12(13)7-10/h8-11,13H,3-7H2,1-2H3. The molecule has 4 unspecified atom stereocenters. The lowest BCUT2D eigenvalue weighted by Gasteiger charge is -2.42. The maximum atomic E-state index is 9.77. The lowest BCUT2D eigenvalue weighted by atomic mass is 9.75. The Labute approximate surface area is 80.9 Å². The van der Waals surface area contributed by atoms with Crippen molar-refractivity contribution in [1.82, 2.24) is 5.06 Å². The second-order valence-electron chi connectivity index (χ2n) is 5.17. The fourth-order valence-corrected chi connectivity index (χ4v) is 3.13. The highest BCUT2D eigenvalue weighted by atomic mass is 16.5. The van der Waals surface area contributed by atoms with E-state index in [4.69, 9.17) is 0 Å². The Kier molecular flexibility index (Phi) is 2.61. The van der Waals surface area contributed by atoms with Crippen molar-refractivity contribution in [2.75, 3.05) is 6.54 Å². The van der Waals surface area contributed by atoms with Crippen LogP contribution in [0.3, 0.4) is 0 Å². The monoisotopic (exact) mass is 183 g/mol. The van der Waals surface area contributed by atoms with Crippen molar-refractivity contribution < 1.29 is 5.21 Å². The van der Waals surface area contributed by atoms with Crippen LogP contribution in [-0.4, -0.2) is 22.9 Å². The highest BCUT2D eigenvalue weighted by Crippen LogP contribution is 2.36. The zero-order chi connectivity index (χ0) is 9.42. The van der Waals surface area contributed by atoms with E-state index in [-0.39, 0.29) is 0 Å². The van der Waals surface area contributed by atoms with Gasteiger partial charge in [-0.1, -0.05) is 13.8 Å². The number of piperidine rings is 1. The van der Waals surface area contributed by atoms with Gasteiger partial charge in [0.05, 0.1) is 0 Å². The Bertz CT molecular complexity index is 183. The van der Waals surface area contributed by atoms with E-state index in [0.717, 1.165) is 24.3 Å². The van der Waals surface area contributed by atoms with Gasteiger partial charge in [-0.25, -0.2) is 0 Å². The molecule has 3 aliphatic rings. The van der Waals surface area contributed by atoms with Crippen molar-refractivity contribution >= 4 is 0 Å². The van der Waals surface area contributed by atoms with Gasteiger partial charge in [0.2, 0.25) is 0 Å². The van der Waals surface area contributed by atoms with Crippen molar-refractivity contribution in [2.45, 2.75) is 45.6 Å². The molecular formula is C11H21NO. The third-order valence-corrected chi connectivity index (χ3v) is 3.97. The summed E-state index contributed by atoms with van der Waals surface area (Å²) in [6, 6.07) is 0.457. The minimum Gasteiger partial charge on any atom is -0.314 e. The zero-order valence-electron chi connectivity index (χ0n) is 8.74. The smallest absolute Gasteiger partial charge is 0.0353 e. The minimum absolute atomic E-state index is 0.457. The van der Waals surface area contributed by atoms with Crippen LogP contribution in [0.15, 0.2) is 0 Å². The van der Waals surface area contributed by atoms with Crippen molar-refractivity contribution in [3.05, 3.63) is 0 Å². The van der Waals surface area contributed by atoms with Gasteiger partial charge < -0.3 is 5.21 Å². The Hall–Kier alpha value is -0.0800. The molecule has 0 radical (unpaired) electrons. The molecule has 1 saturated carbocycles. The number of hydroxylamine groups is 2. The van der Waals surface area contributed by atoms with Crippen molar-refractivity contribution in [3.8, 4) is 0 Å². The van der Waals surface area contributed by atoms with Crippen LogP contribution in [-0.2, 0) is 0 Å². The molecule has 2 bridgehead atoms. The molecule has 2 heterocycles. The molecule has 2 saturated heterocycles. The molecule has 0 aromatic rings. The molecular weight excluding hydrogens is 162 g/mol. The van der Waals surface area contributed by atoms with E-state index in [0.29, 0.717) is 6.04 Å². The van der Waals surface area contributed by atoms with Gasteiger partial charge in [-0.2, -0.15) is 5.06 Å². The number of rotatable bonds is 0. The lowest BCUT2D eigenvalue weighted by Crippen LogP contribution is -2.45. The zero-order valence-corrected chi connectivity index (χ0v) is 8.74. The molecule has 0 aromatic heterocycles. The van der Waals surface area contributed by atoms with Gasteiger partial charge in [-0.15, -0.1) is 0 Å². The van der Waals surface area contributed by atoms with Gasteiger partial charge in [-0.3, -0.25) is 0 Å². The van der Waals surface area contributed by atoms with Gasteiger partial charge in [0.25, 0.3) is 0 Å². The average molecular weight is 183 g/mol. The third kappa shape index (κ3) is 1.89. The van der Waals surface area contributed by atoms with Gasteiger partial charge >= 0.3 is 0 Å². The first kappa shape index (κ1) is 9.47. The SMILES string of the molecule is CC1CC(C)C2CCC(C1)N(O)C2. The van der Waals surface area contributed by atoms with Crippen molar-refractivity contribution in [1.29, 1.82) is 0 Å². The molecule has 13 heavy (non-hydrogen) atoms. The Balaban J connectivity index is 2.10. The average Bonchev–Trinajstić information content (AvgIpc) is 2.06. The molecule has 4 atom stereocenters. The summed E-state index contributed by atoms with van der Waals surface area (Å²) >= 11 is 0. The molecule has 3 rings (SSSR count). The molecule has 1 aliphatic carbocycles. The summed E-state index contributed by atoms with van der Waals surface area (Å²) in [4.78, 5) is 0. The molecule has 0 aromatic carbocycles. The number of hydrogen-bond donors (Lipinski definition) is 1. The van der Waals surface area contributed by atoms with E-state index in [1.165, 1.54) is 25.7 Å². The van der Waals surface area contributed by atoms with Crippen LogP contribution in [0.25, 0.3) is 0 Å². The molecule has 76 valence electrons. The predicted octanol–water partition coefficient (Wildman–Crippen LogP) is 2.52. The van der Waals surface area contributed by atoms with Gasteiger partial charge in [0, 0.05) is 12.6 Å². The fraction of sp³-hybridized carbons (Fsp3) is 1.00. The summed E-state index contributed by atoms with van der Waals surface area (Å²) in [5.41, 5.74) is 0. The molecule has 2 aliphatic heterocycles. The first-order valence-corrected chi connectivity index (χ1v) is 5.62.